The number of benzene rings is 1. The average Bonchev–Trinajstić information content (AvgIpc) is 2.96. The monoisotopic (exact) mass is 244 g/mol. The minimum absolute atomic E-state index is 0.258. The van der Waals surface area contributed by atoms with Gasteiger partial charge in [-0.3, -0.25) is 0 Å². The van der Waals surface area contributed by atoms with Crippen molar-refractivity contribution in [3.63, 3.8) is 0 Å². The second kappa shape index (κ2) is 4.63. The Kier molecular flexibility index (Phi) is 3.00. The van der Waals surface area contributed by atoms with E-state index in [4.69, 9.17) is 0 Å². The van der Waals surface area contributed by atoms with Crippen molar-refractivity contribution in [3.05, 3.63) is 57.8 Å². The fourth-order valence-electron chi connectivity index (χ4n) is 2.70. The maximum absolute atomic E-state index is 10.3. The zero-order chi connectivity index (χ0) is 11.7. The van der Waals surface area contributed by atoms with Crippen LogP contribution in [0.2, 0.25) is 0 Å². The molecule has 1 heterocycles. The number of aryl methyl sites for hydroxylation is 1. The summed E-state index contributed by atoms with van der Waals surface area (Å²) in [6.45, 7) is 0. The molecule has 0 bridgehead atoms. The van der Waals surface area contributed by atoms with Crippen molar-refractivity contribution in [3.8, 4) is 0 Å². The third-order valence-electron chi connectivity index (χ3n) is 3.64. The van der Waals surface area contributed by atoms with Crippen molar-refractivity contribution < 1.29 is 5.11 Å². The Morgan fingerprint density at radius 3 is 2.82 bits per heavy atom. The third kappa shape index (κ3) is 2.15. The number of hydrogen-bond acceptors (Lipinski definition) is 2. The van der Waals surface area contributed by atoms with Gasteiger partial charge in [0.15, 0.2) is 0 Å². The summed E-state index contributed by atoms with van der Waals surface area (Å²) >= 11 is 1.81. The van der Waals surface area contributed by atoms with Crippen LogP contribution in [-0.4, -0.2) is 5.11 Å². The molecule has 1 nitrogen and oxygen atoms in total. The SMILES string of the molecule is OC1c2ccccc2CC1CCc1cccs1. The van der Waals surface area contributed by atoms with Gasteiger partial charge < -0.3 is 5.11 Å². The van der Waals surface area contributed by atoms with E-state index < -0.39 is 0 Å². The lowest BCUT2D eigenvalue weighted by atomic mass is 9.97. The highest BCUT2D eigenvalue weighted by Gasteiger charge is 2.29. The Morgan fingerprint density at radius 1 is 1.18 bits per heavy atom. The Hall–Kier alpha value is -1.12. The van der Waals surface area contributed by atoms with Crippen LogP contribution >= 0.6 is 11.3 Å². The van der Waals surface area contributed by atoms with Crippen LogP contribution in [0.1, 0.15) is 28.5 Å². The molecule has 0 saturated heterocycles. The van der Waals surface area contributed by atoms with E-state index in [1.54, 1.807) is 0 Å². The minimum atomic E-state index is -0.258. The molecule has 0 aliphatic heterocycles. The zero-order valence-corrected chi connectivity index (χ0v) is 10.5. The molecule has 0 radical (unpaired) electrons. The molecule has 88 valence electrons. The van der Waals surface area contributed by atoms with Crippen LogP contribution in [0.5, 0.6) is 0 Å². The molecule has 1 aliphatic rings. The molecule has 1 aliphatic carbocycles. The van der Waals surface area contributed by atoms with Gasteiger partial charge in [0.05, 0.1) is 6.10 Å². The van der Waals surface area contributed by atoms with E-state index in [0.29, 0.717) is 5.92 Å². The van der Waals surface area contributed by atoms with Gasteiger partial charge in [-0.1, -0.05) is 30.3 Å². The Balaban J connectivity index is 1.68. The molecule has 2 unspecified atom stereocenters. The lowest BCUT2D eigenvalue weighted by molar-refractivity contribution is 0.118. The van der Waals surface area contributed by atoms with Gasteiger partial charge in [-0.05, 0) is 47.8 Å². The van der Waals surface area contributed by atoms with Gasteiger partial charge in [0.2, 0.25) is 0 Å². The van der Waals surface area contributed by atoms with Crippen LogP contribution in [0.3, 0.4) is 0 Å². The van der Waals surface area contributed by atoms with Crippen LogP contribution in [0.15, 0.2) is 41.8 Å². The number of aliphatic hydroxyl groups is 1. The second-order valence-corrected chi connectivity index (χ2v) is 5.76. The second-order valence-electron chi connectivity index (χ2n) is 4.73. The number of rotatable bonds is 3. The number of thiophene rings is 1. The van der Waals surface area contributed by atoms with Crippen LogP contribution in [0, 0.1) is 5.92 Å². The molecule has 0 spiro atoms. The molecular weight excluding hydrogens is 228 g/mol. The van der Waals surface area contributed by atoms with Crippen LogP contribution in [0.25, 0.3) is 0 Å². The van der Waals surface area contributed by atoms with Crippen LogP contribution in [-0.2, 0) is 12.8 Å². The summed E-state index contributed by atoms with van der Waals surface area (Å²) in [5, 5.41) is 12.4. The minimum Gasteiger partial charge on any atom is -0.388 e. The summed E-state index contributed by atoms with van der Waals surface area (Å²) in [5.41, 5.74) is 2.47. The first-order valence-corrected chi connectivity index (χ1v) is 7.01. The molecule has 17 heavy (non-hydrogen) atoms. The van der Waals surface area contributed by atoms with Gasteiger partial charge in [0.1, 0.15) is 0 Å². The van der Waals surface area contributed by atoms with Crippen molar-refractivity contribution in [2.45, 2.75) is 25.4 Å². The third-order valence-corrected chi connectivity index (χ3v) is 4.58. The molecule has 2 heteroatoms. The maximum Gasteiger partial charge on any atom is 0.0824 e. The van der Waals surface area contributed by atoms with Gasteiger partial charge >= 0.3 is 0 Å². The van der Waals surface area contributed by atoms with Crippen molar-refractivity contribution in [1.82, 2.24) is 0 Å². The summed E-state index contributed by atoms with van der Waals surface area (Å²) in [6.07, 6.45) is 2.94. The van der Waals surface area contributed by atoms with Gasteiger partial charge in [-0.25, -0.2) is 0 Å². The topological polar surface area (TPSA) is 20.2 Å². The van der Waals surface area contributed by atoms with Gasteiger partial charge in [0, 0.05) is 4.88 Å². The van der Waals surface area contributed by atoms with E-state index in [1.165, 1.54) is 10.4 Å². The summed E-state index contributed by atoms with van der Waals surface area (Å²) in [4.78, 5) is 1.42. The smallest absolute Gasteiger partial charge is 0.0824 e. The fraction of sp³-hybridized carbons (Fsp3) is 0.333. The van der Waals surface area contributed by atoms with E-state index in [9.17, 15) is 5.11 Å². The van der Waals surface area contributed by atoms with E-state index in [-0.39, 0.29) is 6.10 Å². The van der Waals surface area contributed by atoms with Crippen molar-refractivity contribution in [2.24, 2.45) is 5.92 Å². The lowest BCUT2D eigenvalue weighted by Crippen LogP contribution is -2.08. The van der Waals surface area contributed by atoms with Crippen LogP contribution in [0.4, 0.5) is 0 Å². The molecule has 2 aromatic rings. The Morgan fingerprint density at radius 2 is 2.06 bits per heavy atom. The highest BCUT2D eigenvalue weighted by atomic mass is 32.1. The highest BCUT2D eigenvalue weighted by Crippen LogP contribution is 2.38. The predicted octanol–water partition coefficient (Wildman–Crippen LogP) is 3.59. The molecule has 0 saturated carbocycles. The standard InChI is InChI=1S/C15H16OS/c16-15-12(7-8-13-5-3-9-17-13)10-11-4-1-2-6-14(11)15/h1-6,9,12,15-16H,7-8,10H2. The first-order chi connectivity index (χ1) is 8.34. The summed E-state index contributed by atoms with van der Waals surface area (Å²) in [7, 11) is 0. The first-order valence-electron chi connectivity index (χ1n) is 6.13. The molecular formula is C15H16OS. The van der Waals surface area contributed by atoms with Gasteiger partial charge in [-0.2, -0.15) is 0 Å². The van der Waals surface area contributed by atoms with E-state index >= 15 is 0 Å². The summed E-state index contributed by atoms with van der Waals surface area (Å²) in [5.74, 6) is 0.398. The number of hydrogen-bond donors (Lipinski definition) is 1. The molecule has 2 atom stereocenters. The van der Waals surface area contributed by atoms with E-state index in [2.05, 4.69) is 35.7 Å². The fourth-order valence-corrected chi connectivity index (χ4v) is 3.42. The molecule has 1 N–H and O–H groups in total. The van der Waals surface area contributed by atoms with Crippen LogP contribution < -0.4 is 0 Å². The Labute approximate surface area is 106 Å². The first kappa shape index (κ1) is 11.0. The molecule has 1 aromatic heterocycles. The number of aliphatic hydroxyl groups excluding tert-OH is 1. The van der Waals surface area contributed by atoms with Crippen molar-refractivity contribution in [1.29, 1.82) is 0 Å². The van der Waals surface area contributed by atoms with Crippen molar-refractivity contribution >= 4 is 11.3 Å². The summed E-state index contributed by atoms with van der Waals surface area (Å²) in [6, 6.07) is 12.6. The van der Waals surface area contributed by atoms with Crippen molar-refractivity contribution in [2.75, 3.05) is 0 Å². The molecule has 0 amide bonds. The zero-order valence-electron chi connectivity index (χ0n) is 9.67. The number of fused-ring (bicyclic) bond motifs is 1. The largest absolute Gasteiger partial charge is 0.388 e. The normalized spacial score (nSPS) is 22.6. The van der Waals surface area contributed by atoms with E-state index in [0.717, 1.165) is 24.8 Å². The molecule has 1 aromatic carbocycles. The van der Waals surface area contributed by atoms with Gasteiger partial charge in [-0.15, -0.1) is 11.3 Å². The lowest BCUT2D eigenvalue weighted by Gasteiger charge is -2.14. The quantitative estimate of drug-likeness (QED) is 0.875. The molecule has 3 rings (SSSR count). The Bertz CT molecular complexity index is 489. The van der Waals surface area contributed by atoms with Gasteiger partial charge in [0.25, 0.3) is 0 Å². The highest BCUT2D eigenvalue weighted by molar-refractivity contribution is 7.09. The molecule has 0 fully saturated rings. The average molecular weight is 244 g/mol. The maximum atomic E-state index is 10.3. The predicted molar refractivity (Wildman–Crippen MR) is 71.2 cm³/mol. The summed E-state index contributed by atoms with van der Waals surface area (Å²) < 4.78 is 0. The van der Waals surface area contributed by atoms with E-state index in [1.807, 2.05) is 17.4 Å².